The highest BCUT2D eigenvalue weighted by Gasteiger charge is 2.21. The quantitative estimate of drug-likeness (QED) is 0.749. The fourth-order valence-corrected chi connectivity index (χ4v) is 2.41. The lowest BCUT2D eigenvalue weighted by Crippen LogP contribution is -2.16. The van der Waals surface area contributed by atoms with Crippen LogP contribution in [0.5, 0.6) is 0 Å². The van der Waals surface area contributed by atoms with Gasteiger partial charge in [-0.05, 0) is 43.0 Å². The predicted octanol–water partition coefficient (Wildman–Crippen LogP) is 4.44. The number of aryl methyl sites for hydroxylation is 2. The third-order valence-corrected chi connectivity index (χ3v) is 4.71. The van der Waals surface area contributed by atoms with E-state index in [1.54, 1.807) is 0 Å². The van der Waals surface area contributed by atoms with Crippen LogP contribution in [-0.4, -0.2) is 5.78 Å². The monoisotopic (exact) mass is 280 g/mol. The smallest absolute Gasteiger partial charge is 0.163 e. The fourth-order valence-electron chi connectivity index (χ4n) is 2.18. The van der Waals surface area contributed by atoms with Crippen molar-refractivity contribution in [3.8, 4) is 0 Å². The first-order chi connectivity index (χ1) is 7.58. The van der Waals surface area contributed by atoms with Crippen molar-refractivity contribution in [1.82, 2.24) is 0 Å². The highest BCUT2D eigenvalue weighted by atomic mass is 79.9. The Bertz CT molecular complexity index is 396. The third-order valence-electron chi connectivity index (χ3n) is 3.46. The summed E-state index contributed by atoms with van der Waals surface area (Å²) in [4.78, 5) is 12.0. The lowest BCUT2D eigenvalue weighted by atomic mass is 9.81. The summed E-state index contributed by atoms with van der Waals surface area (Å²) in [5.74, 6) is 0.958. The van der Waals surface area contributed by atoms with E-state index in [9.17, 15) is 4.79 Å². The maximum absolute atomic E-state index is 12.0. The largest absolute Gasteiger partial charge is 0.294 e. The molecule has 0 saturated heterocycles. The zero-order valence-corrected chi connectivity index (χ0v) is 11.4. The van der Waals surface area contributed by atoms with Crippen molar-refractivity contribution in [2.24, 2.45) is 5.92 Å². The van der Waals surface area contributed by atoms with Crippen LogP contribution in [0.4, 0.5) is 0 Å². The SMILES string of the molecule is Cc1cc(C(=O)CC2CCC2)cc(C)c1Br. The van der Waals surface area contributed by atoms with Crippen LogP contribution < -0.4 is 0 Å². The minimum absolute atomic E-state index is 0.309. The molecule has 0 bridgehead atoms. The van der Waals surface area contributed by atoms with Gasteiger partial charge in [0, 0.05) is 16.5 Å². The van der Waals surface area contributed by atoms with E-state index in [0.717, 1.165) is 27.6 Å². The van der Waals surface area contributed by atoms with Crippen LogP contribution in [0.3, 0.4) is 0 Å². The number of Topliss-reactive ketones (excluding diaryl/α,β-unsaturated/α-hetero) is 1. The van der Waals surface area contributed by atoms with E-state index >= 15 is 0 Å². The molecule has 1 aromatic rings. The molecule has 0 atom stereocenters. The summed E-state index contributed by atoms with van der Waals surface area (Å²) < 4.78 is 1.12. The summed E-state index contributed by atoms with van der Waals surface area (Å²) in [7, 11) is 0. The molecule has 0 N–H and O–H groups in total. The van der Waals surface area contributed by atoms with Gasteiger partial charge in [0.2, 0.25) is 0 Å². The number of hydrogen-bond donors (Lipinski definition) is 0. The summed E-state index contributed by atoms with van der Waals surface area (Å²) in [6, 6.07) is 4.00. The number of ketones is 1. The van der Waals surface area contributed by atoms with Crippen LogP contribution in [0.1, 0.15) is 47.2 Å². The maximum Gasteiger partial charge on any atom is 0.163 e. The molecule has 2 rings (SSSR count). The molecule has 0 radical (unpaired) electrons. The highest BCUT2D eigenvalue weighted by Crippen LogP contribution is 2.31. The molecule has 1 fully saturated rings. The molecule has 0 aromatic heterocycles. The van der Waals surface area contributed by atoms with E-state index < -0.39 is 0 Å². The lowest BCUT2D eigenvalue weighted by Gasteiger charge is -2.24. The summed E-state index contributed by atoms with van der Waals surface area (Å²) in [6.45, 7) is 4.08. The summed E-state index contributed by atoms with van der Waals surface area (Å²) in [5.41, 5.74) is 3.18. The van der Waals surface area contributed by atoms with Gasteiger partial charge in [-0.3, -0.25) is 4.79 Å². The van der Waals surface area contributed by atoms with Crippen molar-refractivity contribution in [1.29, 1.82) is 0 Å². The Morgan fingerprint density at radius 3 is 2.31 bits per heavy atom. The standard InChI is InChI=1S/C14H17BrO/c1-9-6-12(7-10(2)14(9)15)13(16)8-11-4-3-5-11/h6-7,11H,3-5,8H2,1-2H3. The Kier molecular flexibility index (Phi) is 3.48. The van der Waals surface area contributed by atoms with E-state index in [1.165, 1.54) is 19.3 Å². The van der Waals surface area contributed by atoms with Crippen LogP contribution in [0.25, 0.3) is 0 Å². The first-order valence-corrected chi connectivity index (χ1v) is 6.67. The van der Waals surface area contributed by atoms with Gasteiger partial charge < -0.3 is 0 Å². The third kappa shape index (κ3) is 2.37. The molecule has 86 valence electrons. The molecule has 0 spiro atoms. The number of hydrogen-bond acceptors (Lipinski definition) is 1. The summed E-state index contributed by atoms with van der Waals surface area (Å²) >= 11 is 3.53. The molecule has 0 aliphatic heterocycles. The van der Waals surface area contributed by atoms with Gasteiger partial charge in [-0.2, -0.15) is 0 Å². The van der Waals surface area contributed by atoms with Gasteiger partial charge in [0.1, 0.15) is 0 Å². The van der Waals surface area contributed by atoms with Crippen LogP contribution >= 0.6 is 15.9 Å². The highest BCUT2D eigenvalue weighted by molar-refractivity contribution is 9.10. The van der Waals surface area contributed by atoms with E-state index in [1.807, 2.05) is 26.0 Å². The molecule has 0 heterocycles. The number of rotatable bonds is 3. The summed E-state index contributed by atoms with van der Waals surface area (Å²) in [6.07, 6.45) is 4.51. The van der Waals surface area contributed by atoms with E-state index in [4.69, 9.17) is 0 Å². The van der Waals surface area contributed by atoms with Crippen LogP contribution in [-0.2, 0) is 0 Å². The zero-order valence-electron chi connectivity index (χ0n) is 9.85. The Morgan fingerprint density at radius 1 is 1.31 bits per heavy atom. The molecular formula is C14H17BrO. The van der Waals surface area contributed by atoms with E-state index in [-0.39, 0.29) is 0 Å². The molecule has 1 aliphatic rings. The van der Waals surface area contributed by atoms with Crippen molar-refractivity contribution in [3.05, 3.63) is 33.3 Å². The van der Waals surface area contributed by atoms with Gasteiger partial charge in [-0.1, -0.05) is 35.2 Å². The number of carbonyl (C=O) groups excluding carboxylic acids is 1. The lowest BCUT2D eigenvalue weighted by molar-refractivity contribution is 0.0936. The van der Waals surface area contributed by atoms with Gasteiger partial charge in [-0.25, -0.2) is 0 Å². The molecule has 0 unspecified atom stereocenters. The second-order valence-corrected chi connectivity index (χ2v) is 5.64. The van der Waals surface area contributed by atoms with E-state index in [2.05, 4.69) is 15.9 Å². The molecule has 1 aliphatic carbocycles. The molecule has 1 nitrogen and oxygen atoms in total. The molecule has 2 heteroatoms. The van der Waals surface area contributed by atoms with Crippen molar-refractivity contribution < 1.29 is 4.79 Å². The minimum atomic E-state index is 0.309. The Morgan fingerprint density at radius 2 is 1.88 bits per heavy atom. The zero-order chi connectivity index (χ0) is 11.7. The predicted molar refractivity (Wildman–Crippen MR) is 69.9 cm³/mol. The number of benzene rings is 1. The fraction of sp³-hybridized carbons (Fsp3) is 0.500. The normalized spacial score (nSPS) is 15.9. The number of halogens is 1. The van der Waals surface area contributed by atoms with Gasteiger partial charge in [0.25, 0.3) is 0 Å². The molecule has 1 saturated carbocycles. The second kappa shape index (κ2) is 4.70. The average molecular weight is 281 g/mol. The Balaban J connectivity index is 2.16. The Labute approximate surface area is 105 Å². The van der Waals surface area contributed by atoms with Gasteiger partial charge in [-0.15, -0.1) is 0 Å². The van der Waals surface area contributed by atoms with Gasteiger partial charge in [0.05, 0.1) is 0 Å². The van der Waals surface area contributed by atoms with Crippen molar-refractivity contribution in [2.75, 3.05) is 0 Å². The Hall–Kier alpha value is -0.630. The summed E-state index contributed by atoms with van der Waals surface area (Å²) in [5, 5.41) is 0. The molecule has 1 aromatic carbocycles. The van der Waals surface area contributed by atoms with Crippen molar-refractivity contribution in [3.63, 3.8) is 0 Å². The maximum atomic E-state index is 12.0. The van der Waals surface area contributed by atoms with Gasteiger partial charge >= 0.3 is 0 Å². The second-order valence-electron chi connectivity index (χ2n) is 4.85. The molecule has 0 amide bonds. The first-order valence-electron chi connectivity index (χ1n) is 5.88. The van der Waals surface area contributed by atoms with Crippen LogP contribution in [0.2, 0.25) is 0 Å². The van der Waals surface area contributed by atoms with Crippen molar-refractivity contribution >= 4 is 21.7 Å². The molecule has 16 heavy (non-hydrogen) atoms. The van der Waals surface area contributed by atoms with Crippen LogP contribution in [0.15, 0.2) is 16.6 Å². The van der Waals surface area contributed by atoms with Gasteiger partial charge in [0.15, 0.2) is 5.78 Å². The topological polar surface area (TPSA) is 17.1 Å². The van der Waals surface area contributed by atoms with Crippen LogP contribution in [0, 0.1) is 19.8 Å². The van der Waals surface area contributed by atoms with E-state index in [0.29, 0.717) is 11.7 Å². The van der Waals surface area contributed by atoms with Crippen molar-refractivity contribution in [2.45, 2.75) is 39.5 Å². The minimum Gasteiger partial charge on any atom is -0.294 e. The number of carbonyl (C=O) groups is 1. The average Bonchev–Trinajstić information content (AvgIpc) is 2.19. The first kappa shape index (κ1) is 11.8. The molecular weight excluding hydrogens is 264 g/mol.